The van der Waals surface area contributed by atoms with Gasteiger partial charge in [0.15, 0.2) is 5.76 Å². The molecule has 0 aromatic carbocycles. The fourth-order valence-electron chi connectivity index (χ4n) is 1.52. The van der Waals surface area contributed by atoms with Gasteiger partial charge in [-0.1, -0.05) is 0 Å². The molecule has 0 saturated carbocycles. The molecule has 1 unspecified atom stereocenters. The number of aliphatic hydroxyl groups excluding tert-OH is 1. The minimum absolute atomic E-state index is 0.225. The Bertz CT molecular complexity index is 444. The summed E-state index contributed by atoms with van der Waals surface area (Å²) in [7, 11) is 0. The van der Waals surface area contributed by atoms with Crippen molar-refractivity contribution in [2.75, 3.05) is 0 Å². The van der Waals surface area contributed by atoms with E-state index in [9.17, 15) is 26.3 Å². The van der Waals surface area contributed by atoms with Crippen molar-refractivity contribution in [3.8, 4) is 0 Å². The Balaban J connectivity index is 2.55. The number of alkyl halides is 6. The first-order valence-corrected chi connectivity index (χ1v) is 3.98. The van der Waals surface area contributed by atoms with Crippen molar-refractivity contribution < 1.29 is 31.4 Å². The van der Waals surface area contributed by atoms with Gasteiger partial charge in [0, 0.05) is 6.20 Å². The van der Waals surface area contributed by atoms with Gasteiger partial charge in [-0.2, -0.15) is 22.0 Å². The molecule has 16 heavy (non-hydrogen) atoms. The predicted octanol–water partition coefficient (Wildman–Crippen LogP) is 2.69. The zero-order valence-corrected chi connectivity index (χ0v) is 7.32. The summed E-state index contributed by atoms with van der Waals surface area (Å²) in [4.78, 5) is 2.93. The Morgan fingerprint density at radius 1 is 1.31 bits per heavy atom. The third-order valence-corrected chi connectivity index (χ3v) is 2.27. The Labute approximate surface area is 84.6 Å². The van der Waals surface area contributed by atoms with Crippen LogP contribution in [-0.2, 0) is 0 Å². The smallest absolute Gasteiger partial charge is 0.418 e. The van der Waals surface area contributed by atoms with Crippen LogP contribution in [0.5, 0.6) is 0 Å². The van der Waals surface area contributed by atoms with Crippen LogP contribution in [0.2, 0.25) is 0 Å². The normalized spacial score (nSPS) is 28.0. The molecule has 1 aliphatic heterocycles. The van der Waals surface area contributed by atoms with Gasteiger partial charge < -0.3 is 5.11 Å². The number of rotatable bonds is 0. The lowest BCUT2D eigenvalue weighted by Crippen LogP contribution is -2.31. The summed E-state index contributed by atoms with van der Waals surface area (Å²) in [5, 5.41) is 8.90. The van der Waals surface area contributed by atoms with E-state index in [-0.39, 0.29) is 6.20 Å². The number of nitrogens with zero attached hydrogens (tertiary/aromatic N) is 1. The Hall–Kier alpha value is -1.47. The second-order valence-electron chi connectivity index (χ2n) is 3.26. The van der Waals surface area contributed by atoms with Gasteiger partial charge in [0.2, 0.25) is 6.17 Å². The molecule has 0 aromatic heterocycles. The second kappa shape index (κ2) is 2.80. The number of fused-ring (bicyclic) bond motifs is 1. The Kier molecular flexibility index (Phi) is 1.93. The second-order valence-corrected chi connectivity index (χ2v) is 3.26. The SMILES string of the molecule is OC1=C2C(C(F)(F)F)=CN=C2C(F)C1(F)F. The van der Waals surface area contributed by atoms with Crippen molar-refractivity contribution in [3.63, 3.8) is 0 Å². The zero-order valence-electron chi connectivity index (χ0n) is 7.32. The number of allylic oxidation sites excluding steroid dienone is 3. The van der Waals surface area contributed by atoms with Crippen LogP contribution in [0.4, 0.5) is 26.3 Å². The standard InChI is InChI=1S/C8H3F6NO/c9-5-4-3(6(16)7(5,10)11)2(1-15-4)8(12,13)14/h1,5,16H. The van der Waals surface area contributed by atoms with Crippen LogP contribution < -0.4 is 0 Å². The van der Waals surface area contributed by atoms with Crippen LogP contribution >= 0.6 is 0 Å². The van der Waals surface area contributed by atoms with E-state index in [4.69, 9.17) is 5.11 Å². The molecule has 0 spiro atoms. The third-order valence-electron chi connectivity index (χ3n) is 2.27. The van der Waals surface area contributed by atoms with Gasteiger partial charge in [0.25, 0.3) is 0 Å². The van der Waals surface area contributed by atoms with E-state index < -0.39 is 40.9 Å². The summed E-state index contributed by atoms with van der Waals surface area (Å²) >= 11 is 0. The zero-order chi connectivity index (χ0) is 12.3. The van der Waals surface area contributed by atoms with E-state index in [1.54, 1.807) is 0 Å². The topological polar surface area (TPSA) is 32.6 Å². The fraction of sp³-hybridized carbons (Fsp3) is 0.375. The molecule has 1 heterocycles. The Morgan fingerprint density at radius 3 is 2.38 bits per heavy atom. The average Bonchev–Trinajstić information content (AvgIpc) is 2.63. The highest BCUT2D eigenvalue weighted by Gasteiger charge is 2.60. The van der Waals surface area contributed by atoms with E-state index in [0.717, 1.165) is 0 Å². The van der Waals surface area contributed by atoms with Crippen LogP contribution in [-0.4, -0.2) is 29.1 Å². The molecule has 0 bridgehead atoms. The van der Waals surface area contributed by atoms with Crippen LogP contribution in [0.1, 0.15) is 0 Å². The highest BCUT2D eigenvalue weighted by molar-refractivity contribution is 6.13. The van der Waals surface area contributed by atoms with E-state index in [1.165, 1.54) is 0 Å². The van der Waals surface area contributed by atoms with Crippen molar-refractivity contribution in [2.24, 2.45) is 4.99 Å². The summed E-state index contributed by atoms with van der Waals surface area (Å²) in [5.41, 5.74) is -3.88. The highest BCUT2D eigenvalue weighted by atomic mass is 19.4. The first-order chi connectivity index (χ1) is 7.17. The van der Waals surface area contributed by atoms with Crippen LogP contribution in [0.15, 0.2) is 28.1 Å². The van der Waals surface area contributed by atoms with Crippen molar-refractivity contribution in [1.29, 1.82) is 0 Å². The summed E-state index contributed by atoms with van der Waals surface area (Å²) < 4.78 is 75.6. The lowest BCUT2D eigenvalue weighted by molar-refractivity contribution is -0.0894. The van der Waals surface area contributed by atoms with Gasteiger partial charge in [0.05, 0.1) is 16.9 Å². The largest absolute Gasteiger partial charge is 0.506 e. The number of hydrogen-bond acceptors (Lipinski definition) is 2. The average molecular weight is 243 g/mol. The molecule has 0 aromatic rings. The first-order valence-electron chi connectivity index (χ1n) is 3.98. The molecule has 1 atom stereocenters. The maximum atomic E-state index is 13.0. The van der Waals surface area contributed by atoms with Gasteiger partial charge in [-0.3, -0.25) is 4.99 Å². The van der Waals surface area contributed by atoms with Crippen molar-refractivity contribution in [2.45, 2.75) is 18.3 Å². The number of aliphatic hydroxyl groups is 1. The summed E-state index contributed by atoms with van der Waals surface area (Å²) in [6, 6.07) is 0. The molecular formula is C8H3F6NO. The van der Waals surface area contributed by atoms with Crippen LogP contribution in [0.3, 0.4) is 0 Å². The number of hydrogen-bond donors (Lipinski definition) is 1. The predicted molar refractivity (Wildman–Crippen MR) is 41.1 cm³/mol. The monoisotopic (exact) mass is 243 g/mol. The molecule has 0 amide bonds. The van der Waals surface area contributed by atoms with E-state index in [2.05, 4.69) is 4.99 Å². The third kappa shape index (κ3) is 1.18. The molecule has 2 rings (SSSR count). The summed E-state index contributed by atoms with van der Waals surface area (Å²) in [5.74, 6) is -6.27. The number of aliphatic imine (C=N–C) groups is 1. The molecule has 88 valence electrons. The molecule has 0 radical (unpaired) electrons. The van der Waals surface area contributed by atoms with Crippen molar-refractivity contribution in [1.82, 2.24) is 0 Å². The summed E-state index contributed by atoms with van der Waals surface area (Å²) in [6.07, 6.45) is -7.78. The van der Waals surface area contributed by atoms with Gasteiger partial charge in [-0.25, -0.2) is 4.39 Å². The molecule has 0 saturated heterocycles. The maximum Gasteiger partial charge on any atom is 0.418 e. The Morgan fingerprint density at radius 2 is 1.88 bits per heavy atom. The van der Waals surface area contributed by atoms with Gasteiger partial charge in [-0.15, -0.1) is 0 Å². The molecule has 1 N–H and O–H groups in total. The first kappa shape index (κ1) is 11.0. The molecule has 2 aliphatic rings. The van der Waals surface area contributed by atoms with Gasteiger partial charge in [0.1, 0.15) is 0 Å². The van der Waals surface area contributed by atoms with E-state index >= 15 is 0 Å². The fourth-order valence-corrected chi connectivity index (χ4v) is 1.52. The maximum absolute atomic E-state index is 13.0. The van der Waals surface area contributed by atoms with E-state index in [0.29, 0.717) is 0 Å². The molecular weight excluding hydrogens is 240 g/mol. The van der Waals surface area contributed by atoms with Crippen LogP contribution in [0, 0.1) is 0 Å². The lowest BCUT2D eigenvalue weighted by atomic mass is 10.1. The number of halogens is 6. The molecule has 8 heteroatoms. The van der Waals surface area contributed by atoms with Crippen molar-refractivity contribution in [3.05, 3.63) is 23.1 Å². The molecule has 2 nitrogen and oxygen atoms in total. The summed E-state index contributed by atoms with van der Waals surface area (Å²) in [6.45, 7) is 0. The van der Waals surface area contributed by atoms with Gasteiger partial charge >= 0.3 is 12.1 Å². The van der Waals surface area contributed by atoms with E-state index in [1.807, 2.05) is 0 Å². The minimum atomic E-state index is -4.96. The quantitative estimate of drug-likeness (QED) is 0.652. The highest BCUT2D eigenvalue weighted by Crippen LogP contribution is 2.47. The lowest BCUT2D eigenvalue weighted by Gasteiger charge is -2.12. The molecule has 0 fully saturated rings. The molecule has 1 aliphatic carbocycles. The minimum Gasteiger partial charge on any atom is -0.506 e. The van der Waals surface area contributed by atoms with Crippen molar-refractivity contribution >= 4 is 5.71 Å². The van der Waals surface area contributed by atoms with Gasteiger partial charge in [-0.05, 0) is 0 Å². The van der Waals surface area contributed by atoms with Crippen LogP contribution in [0.25, 0.3) is 0 Å².